The van der Waals surface area contributed by atoms with E-state index in [-0.39, 0.29) is 11.9 Å². The average Bonchev–Trinajstić information content (AvgIpc) is 3.06. The number of aromatic nitrogens is 2. The van der Waals surface area contributed by atoms with Gasteiger partial charge in [-0.25, -0.2) is 0 Å². The number of H-pyrrole nitrogens is 1. The second-order valence-corrected chi connectivity index (χ2v) is 7.08. The minimum Gasteiger partial charge on any atom is -0.494 e. The molecule has 3 N–H and O–H groups in total. The number of nitrogens with one attached hydrogen (secondary N) is 3. The lowest BCUT2D eigenvalue weighted by Crippen LogP contribution is -2.32. The van der Waals surface area contributed by atoms with Crippen molar-refractivity contribution in [2.24, 2.45) is 5.92 Å². The molecular formula is C20H28N4O2. The van der Waals surface area contributed by atoms with Crippen LogP contribution in [0.4, 0.5) is 0 Å². The van der Waals surface area contributed by atoms with E-state index in [4.69, 9.17) is 4.74 Å². The van der Waals surface area contributed by atoms with E-state index < -0.39 is 0 Å². The van der Waals surface area contributed by atoms with Crippen molar-refractivity contribution in [2.75, 3.05) is 13.2 Å². The maximum absolute atomic E-state index is 12.9. The Hall–Kier alpha value is -2.34. The van der Waals surface area contributed by atoms with Crippen LogP contribution < -0.4 is 15.4 Å². The van der Waals surface area contributed by atoms with Crippen molar-refractivity contribution >= 4 is 5.91 Å². The van der Waals surface area contributed by atoms with Gasteiger partial charge in [-0.15, -0.1) is 0 Å². The second-order valence-electron chi connectivity index (χ2n) is 7.08. The van der Waals surface area contributed by atoms with E-state index in [1.807, 2.05) is 31.2 Å². The van der Waals surface area contributed by atoms with Crippen LogP contribution in [0.25, 0.3) is 0 Å². The van der Waals surface area contributed by atoms with Crippen LogP contribution in [0.2, 0.25) is 0 Å². The second kappa shape index (κ2) is 8.36. The third-order valence-electron chi connectivity index (χ3n) is 4.63. The number of amides is 1. The molecule has 0 bridgehead atoms. The summed E-state index contributed by atoms with van der Waals surface area (Å²) in [6.07, 6.45) is 1.71. The Morgan fingerprint density at radius 1 is 1.35 bits per heavy atom. The molecule has 1 aromatic carbocycles. The van der Waals surface area contributed by atoms with E-state index in [0.29, 0.717) is 24.8 Å². The van der Waals surface area contributed by atoms with Crippen molar-refractivity contribution in [3.63, 3.8) is 0 Å². The van der Waals surface area contributed by atoms with Crippen LogP contribution >= 0.6 is 0 Å². The predicted octanol–water partition coefficient (Wildman–Crippen LogP) is 2.97. The van der Waals surface area contributed by atoms with Crippen LogP contribution in [0.3, 0.4) is 0 Å². The van der Waals surface area contributed by atoms with Crippen molar-refractivity contribution in [3.05, 3.63) is 46.8 Å². The number of fused-ring (bicyclic) bond motifs is 1. The lowest BCUT2D eigenvalue weighted by atomic mass is 9.95. The lowest BCUT2D eigenvalue weighted by Gasteiger charge is -2.23. The van der Waals surface area contributed by atoms with Gasteiger partial charge in [-0.2, -0.15) is 5.10 Å². The third-order valence-corrected chi connectivity index (χ3v) is 4.63. The topological polar surface area (TPSA) is 79.0 Å². The normalized spacial score (nSPS) is 14.8. The monoisotopic (exact) mass is 356 g/mol. The Kier molecular flexibility index (Phi) is 5.93. The first-order valence-corrected chi connectivity index (χ1v) is 9.39. The SMILES string of the molecule is CCOc1ccccc1C(CC(C)C)NC(=O)c1n[nH]c2c1CNCC2. The van der Waals surface area contributed by atoms with Crippen molar-refractivity contribution < 1.29 is 9.53 Å². The molecule has 1 unspecified atom stereocenters. The molecule has 0 aliphatic carbocycles. The highest BCUT2D eigenvalue weighted by atomic mass is 16.5. The van der Waals surface area contributed by atoms with Gasteiger partial charge in [-0.1, -0.05) is 32.0 Å². The molecule has 6 nitrogen and oxygen atoms in total. The summed E-state index contributed by atoms with van der Waals surface area (Å²) in [5.41, 5.74) is 3.55. The Labute approximate surface area is 154 Å². The quantitative estimate of drug-likeness (QED) is 0.713. The van der Waals surface area contributed by atoms with Crippen molar-refractivity contribution in [1.29, 1.82) is 0 Å². The van der Waals surface area contributed by atoms with Gasteiger partial charge in [0.25, 0.3) is 5.91 Å². The molecule has 1 amide bonds. The summed E-state index contributed by atoms with van der Waals surface area (Å²) >= 11 is 0. The van der Waals surface area contributed by atoms with E-state index in [1.165, 1.54) is 0 Å². The fourth-order valence-electron chi connectivity index (χ4n) is 3.43. The standard InChI is InChI=1S/C20H28N4O2/c1-4-26-18-8-6-5-7-14(18)17(11-13(2)3)22-20(25)19-15-12-21-10-9-16(15)23-24-19/h5-8,13,17,21H,4,9-12H2,1-3H3,(H,22,25)(H,23,24). The van der Waals surface area contributed by atoms with Crippen LogP contribution in [-0.4, -0.2) is 29.3 Å². The molecule has 6 heteroatoms. The fourth-order valence-corrected chi connectivity index (χ4v) is 3.43. The Balaban J connectivity index is 1.85. The highest BCUT2D eigenvalue weighted by Gasteiger charge is 2.25. The van der Waals surface area contributed by atoms with Gasteiger partial charge in [0.05, 0.1) is 12.6 Å². The number of rotatable bonds is 7. The van der Waals surface area contributed by atoms with Gasteiger partial charge in [0.1, 0.15) is 5.75 Å². The van der Waals surface area contributed by atoms with Gasteiger partial charge in [-0.3, -0.25) is 9.89 Å². The van der Waals surface area contributed by atoms with Crippen LogP contribution in [0.5, 0.6) is 5.75 Å². The number of hydrogen-bond donors (Lipinski definition) is 3. The van der Waals surface area contributed by atoms with Gasteiger partial charge in [0.15, 0.2) is 5.69 Å². The van der Waals surface area contributed by atoms with E-state index in [2.05, 4.69) is 34.7 Å². The van der Waals surface area contributed by atoms with Crippen LogP contribution in [0.15, 0.2) is 24.3 Å². The number of carbonyl (C=O) groups excluding carboxylic acids is 1. The number of benzene rings is 1. The highest BCUT2D eigenvalue weighted by molar-refractivity contribution is 5.94. The molecule has 0 saturated heterocycles. The molecule has 1 aromatic heterocycles. The van der Waals surface area contributed by atoms with Crippen molar-refractivity contribution in [3.8, 4) is 5.75 Å². The van der Waals surface area contributed by atoms with Gasteiger partial charge in [-0.05, 0) is 25.3 Å². The first kappa shape index (κ1) is 18.5. The summed E-state index contributed by atoms with van der Waals surface area (Å²) < 4.78 is 5.78. The molecule has 140 valence electrons. The minimum atomic E-state index is -0.136. The van der Waals surface area contributed by atoms with Gasteiger partial charge < -0.3 is 15.4 Å². The molecule has 0 spiro atoms. The fraction of sp³-hybridized carbons (Fsp3) is 0.500. The van der Waals surface area contributed by atoms with E-state index in [0.717, 1.165) is 42.0 Å². The molecule has 2 aromatic rings. The molecular weight excluding hydrogens is 328 g/mol. The average molecular weight is 356 g/mol. The van der Waals surface area contributed by atoms with Crippen molar-refractivity contribution in [1.82, 2.24) is 20.8 Å². The zero-order valence-corrected chi connectivity index (χ0v) is 15.8. The molecule has 3 rings (SSSR count). The summed E-state index contributed by atoms with van der Waals surface area (Å²) in [5.74, 6) is 1.12. The Morgan fingerprint density at radius 2 is 2.15 bits per heavy atom. The number of ether oxygens (including phenoxy) is 1. The summed E-state index contributed by atoms with van der Waals surface area (Å²) in [6.45, 7) is 8.46. The van der Waals surface area contributed by atoms with E-state index in [1.54, 1.807) is 0 Å². The zero-order valence-electron chi connectivity index (χ0n) is 15.8. The Bertz CT molecular complexity index is 754. The molecule has 2 heterocycles. The van der Waals surface area contributed by atoms with Gasteiger partial charge in [0.2, 0.25) is 0 Å². The molecule has 1 aliphatic heterocycles. The third kappa shape index (κ3) is 4.07. The molecule has 26 heavy (non-hydrogen) atoms. The van der Waals surface area contributed by atoms with Crippen LogP contribution in [0, 0.1) is 5.92 Å². The first-order chi connectivity index (χ1) is 12.6. The van der Waals surface area contributed by atoms with Crippen LogP contribution in [-0.2, 0) is 13.0 Å². The molecule has 0 radical (unpaired) electrons. The number of carbonyl (C=O) groups is 1. The summed E-state index contributed by atoms with van der Waals surface area (Å²) in [7, 11) is 0. The number of aromatic amines is 1. The van der Waals surface area contributed by atoms with Gasteiger partial charge in [0, 0.05) is 36.3 Å². The molecule has 0 saturated carbocycles. The number of para-hydroxylation sites is 1. The van der Waals surface area contributed by atoms with E-state index >= 15 is 0 Å². The maximum Gasteiger partial charge on any atom is 0.272 e. The Morgan fingerprint density at radius 3 is 2.92 bits per heavy atom. The van der Waals surface area contributed by atoms with E-state index in [9.17, 15) is 4.79 Å². The summed E-state index contributed by atoms with van der Waals surface area (Å²) in [4.78, 5) is 12.9. The van der Waals surface area contributed by atoms with Gasteiger partial charge >= 0.3 is 0 Å². The summed E-state index contributed by atoms with van der Waals surface area (Å²) in [6, 6.07) is 7.81. The smallest absolute Gasteiger partial charge is 0.272 e. The number of hydrogen-bond acceptors (Lipinski definition) is 4. The molecule has 1 atom stereocenters. The lowest BCUT2D eigenvalue weighted by molar-refractivity contribution is 0.0925. The van der Waals surface area contributed by atoms with Crippen molar-refractivity contribution in [2.45, 2.75) is 46.2 Å². The minimum absolute atomic E-state index is 0.117. The molecule has 0 fully saturated rings. The zero-order chi connectivity index (χ0) is 18.5. The largest absolute Gasteiger partial charge is 0.494 e. The van der Waals surface area contributed by atoms with Crippen LogP contribution in [0.1, 0.15) is 60.5 Å². The first-order valence-electron chi connectivity index (χ1n) is 9.39. The predicted molar refractivity (Wildman–Crippen MR) is 101 cm³/mol. The number of nitrogens with zero attached hydrogens (tertiary/aromatic N) is 1. The summed E-state index contributed by atoms with van der Waals surface area (Å²) in [5, 5.41) is 13.8. The highest BCUT2D eigenvalue weighted by Crippen LogP contribution is 2.30. The maximum atomic E-state index is 12.9. The molecule has 1 aliphatic rings.